The molecule has 11 nitrogen and oxygen atoms in total. The van der Waals surface area contributed by atoms with Crippen molar-refractivity contribution in [2.24, 2.45) is 0 Å². The zero-order valence-corrected chi connectivity index (χ0v) is 12.1. The Morgan fingerprint density at radius 1 is 0.833 bits per heavy atom. The molecule has 0 aliphatic rings. The second-order valence-corrected chi connectivity index (χ2v) is 1.90. The third kappa shape index (κ3) is 58.1. The molecule has 0 aliphatic carbocycles. The van der Waals surface area contributed by atoms with Gasteiger partial charge in [0.2, 0.25) is 0 Å². The van der Waals surface area contributed by atoms with Crippen molar-refractivity contribution in [3.8, 4) is 0 Å². The fourth-order valence-electron chi connectivity index (χ4n) is 0.129. The van der Waals surface area contributed by atoms with Gasteiger partial charge in [0, 0.05) is 0 Å². The molecule has 0 spiro atoms. The van der Waals surface area contributed by atoms with E-state index in [1.54, 1.807) is 0 Å². The average molecular weight is 294 g/mol. The number of carbonyl (C=O) groups is 4. The standard InChI is InChI=1S/C3H4O4.C2H2O4.BH2O3.K/c4-2(5)1-3(6)7;3-1(4)2(5)6;2-1(3)4;/h1H2,(H,4,5)(H,6,7);(H,3,4)(H,5,6);2-3H;/q;;-1;+1. The topological polar surface area (TPSA) is 213 Å². The van der Waals surface area contributed by atoms with Crippen molar-refractivity contribution in [3.63, 3.8) is 0 Å². The summed E-state index contributed by atoms with van der Waals surface area (Å²) in [5.41, 5.74) is 0. The Bertz CT molecular complexity index is 250. The minimum absolute atomic E-state index is 0. The van der Waals surface area contributed by atoms with Crippen LogP contribution in [-0.2, 0) is 19.2 Å². The van der Waals surface area contributed by atoms with Gasteiger partial charge in [0.15, 0.2) is 0 Å². The van der Waals surface area contributed by atoms with Crippen LogP contribution >= 0.6 is 0 Å². The summed E-state index contributed by atoms with van der Waals surface area (Å²) < 4.78 is 0. The molecular formula is C5H8BKO11. The zero-order chi connectivity index (χ0) is 14.6. The Hall–Kier alpha value is -0.539. The molecule has 0 saturated heterocycles. The SMILES string of the molecule is O=C(O)C(=O)O.O=C(O)CC(=O)O.[K+].[O-]B(O)O. The molecule has 0 heterocycles. The molecule has 0 aliphatic heterocycles. The van der Waals surface area contributed by atoms with Crippen LogP contribution < -0.4 is 56.4 Å². The van der Waals surface area contributed by atoms with Gasteiger partial charge in [-0.05, 0) is 0 Å². The van der Waals surface area contributed by atoms with Crippen LogP contribution in [0.3, 0.4) is 0 Å². The molecule has 0 atom stereocenters. The number of carboxylic acid groups (broad SMARTS) is 4. The van der Waals surface area contributed by atoms with Crippen LogP contribution in [0.15, 0.2) is 0 Å². The van der Waals surface area contributed by atoms with Crippen molar-refractivity contribution in [2.75, 3.05) is 0 Å². The summed E-state index contributed by atoms with van der Waals surface area (Å²) in [6.07, 6.45) is -0.806. The van der Waals surface area contributed by atoms with Crippen LogP contribution in [0, 0.1) is 0 Å². The van der Waals surface area contributed by atoms with E-state index in [9.17, 15) is 9.59 Å². The van der Waals surface area contributed by atoms with Gasteiger partial charge in [-0.2, -0.15) is 0 Å². The molecule has 0 saturated carbocycles. The van der Waals surface area contributed by atoms with Crippen LogP contribution in [0.1, 0.15) is 6.42 Å². The normalized spacial score (nSPS) is 7.06. The first-order valence-corrected chi connectivity index (χ1v) is 3.42. The largest absolute Gasteiger partial charge is 1.00 e. The van der Waals surface area contributed by atoms with Crippen LogP contribution in [0.25, 0.3) is 0 Å². The van der Waals surface area contributed by atoms with Crippen molar-refractivity contribution < 1.29 is 106 Å². The fourth-order valence-corrected chi connectivity index (χ4v) is 0.129. The third-order valence-corrected chi connectivity index (χ3v) is 0.485. The molecule has 18 heavy (non-hydrogen) atoms. The first-order valence-electron chi connectivity index (χ1n) is 3.42. The van der Waals surface area contributed by atoms with E-state index in [0.717, 1.165) is 0 Å². The van der Waals surface area contributed by atoms with Crippen molar-refractivity contribution >= 4 is 31.2 Å². The number of hydrogen-bond acceptors (Lipinski definition) is 7. The fraction of sp³-hybridized carbons (Fsp3) is 0.200. The molecule has 0 fully saturated rings. The van der Waals surface area contributed by atoms with Gasteiger partial charge in [0.1, 0.15) is 6.42 Å². The quantitative estimate of drug-likeness (QED) is 0.160. The van der Waals surface area contributed by atoms with Crippen molar-refractivity contribution in [2.45, 2.75) is 6.42 Å². The summed E-state index contributed by atoms with van der Waals surface area (Å²) in [5.74, 6) is -6.27. The molecule has 0 radical (unpaired) electrons. The molecule has 0 aromatic carbocycles. The predicted octanol–water partition coefficient (Wildman–Crippen LogP) is -6.98. The first-order chi connectivity index (χ1) is 7.50. The van der Waals surface area contributed by atoms with Crippen molar-refractivity contribution in [3.05, 3.63) is 0 Å². The molecule has 0 rings (SSSR count). The van der Waals surface area contributed by atoms with Gasteiger partial charge in [0.05, 0.1) is 0 Å². The van der Waals surface area contributed by atoms with Gasteiger partial charge in [-0.1, -0.05) is 0 Å². The second kappa shape index (κ2) is 16.5. The Labute approximate surface area is 142 Å². The van der Waals surface area contributed by atoms with E-state index >= 15 is 0 Å². The molecular weight excluding hydrogens is 286 g/mol. The molecule has 0 aromatic rings. The van der Waals surface area contributed by atoms with E-state index in [0.29, 0.717) is 0 Å². The minimum Gasteiger partial charge on any atom is -0.832 e. The maximum atomic E-state index is 9.43. The van der Waals surface area contributed by atoms with Gasteiger partial charge in [-0.25, -0.2) is 9.59 Å². The molecule has 0 bridgehead atoms. The van der Waals surface area contributed by atoms with E-state index in [-0.39, 0.29) is 51.4 Å². The number of carboxylic acids is 4. The average Bonchev–Trinajstić information content (AvgIpc) is 2.00. The smallest absolute Gasteiger partial charge is 0.832 e. The Kier molecular flexibility index (Phi) is 23.9. The van der Waals surface area contributed by atoms with Crippen molar-refractivity contribution in [1.29, 1.82) is 0 Å². The van der Waals surface area contributed by atoms with E-state index in [4.69, 9.17) is 45.1 Å². The summed E-state index contributed by atoms with van der Waals surface area (Å²) in [6, 6.07) is 0. The second-order valence-electron chi connectivity index (χ2n) is 1.90. The van der Waals surface area contributed by atoms with Gasteiger partial charge >= 0.3 is 82.6 Å². The maximum absolute atomic E-state index is 9.43. The van der Waals surface area contributed by atoms with Gasteiger partial charge in [-0.3, -0.25) is 9.59 Å². The van der Waals surface area contributed by atoms with E-state index in [1.165, 1.54) is 0 Å². The van der Waals surface area contributed by atoms with E-state index in [2.05, 4.69) is 0 Å². The minimum atomic E-state index is -2.42. The molecule has 13 heteroatoms. The predicted molar refractivity (Wildman–Crippen MR) is 45.4 cm³/mol. The molecule has 98 valence electrons. The van der Waals surface area contributed by atoms with E-state index < -0.39 is 37.6 Å². The Morgan fingerprint density at radius 3 is 1.00 bits per heavy atom. The Balaban J connectivity index is -0.0000000823. The summed E-state index contributed by atoms with van der Waals surface area (Å²) in [5, 5.41) is 52.9. The summed E-state index contributed by atoms with van der Waals surface area (Å²) in [4.78, 5) is 37.1. The maximum Gasteiger partial charge on any atom is 1.00 e. The molecule has 0 aromatic heterocycles. The van der Waals surface area contributed by atoms with E-state index in [1.807, 2.05) is 0 Å². The summed E-state index contributed by atoms with van der Waals surface area (Å²) in [7, 11) is -2.42. The van der Waals surface area contributed by atoms with Gasteiger partial charge in [-0.15, -0.1) is 0 Å². The van der Waals surface area contributed by atoms with Gasteiger partial charge in [0.25, 0.3) is 0 Å². The number of hydrogen-bond donors (Lipinski definition) is 6. The number of aliphatic carboxylic acids is 4. The number of rotatable bonds is 2. The monoisotopic (exact) mass is 294 g/mol. The van der Waals surface area contributed by atoms with Crippen LogP contribution in [-0.4, -0.2) is 61.7 Å². The zero-order valence-electron chi connectivity index (χ0n) is 9.01. The summed E-state index contributed by atoms with van der Waals surface area (Å²) in [6.45, 7) is 0. The van der Waals surface area contributed by atoms with Crippen LogP contribution in [0.5, 0.6) is 0 Å². The molecule has 0 unspecified atom stereocenters. The third-order valence-electron chi connectivity index (χ3n) is 0.485. The summed E-state index contributed by atoms with van der Waals surface area (Å²) >= 11 is 0. The van der Waals surface area contributed by atoms with Crippen LogP contribution in [0.4, 0.5) is 0 Å². The first kappa shape index (κ1) is 26.1. The van der Waals surface area contributed by atoms with Crippen molar-refractivity contribution in [1.82, 2.24) is 0 Å². The Morgan fingerprint density at radius 2 is 1.00 bits per heavy atom. The molecule has 0 amide bonds. The molecule has 6 N–H and O–H groups in total. The van der Waals surface area contributed by atoms with Crippen LogP contribution in [0.2, 0.25) is 0 Å². The van der Waals surface area contributed by atoms with Gasteiger partial charge < -0.3 is 35.5 Å².